The number of nitro groups is 1. The molecular weight excluding hydrogens is 436 g/mol. The highest BCUT2D eigenvalue weighted by atomic mass is 16.6. The summed E-state index contributed by atoms with van der Waals surface area (Å²) < 4.78 is 4.75. The van der Waals surface area contributed by atoms with Crippen molar-refractivity contribution in [1.29, 1.82) is 0 Å². The smallest absolute Gasteiger partial charge is 0.337 e. The van der Waals surface area contributed by atoms with E-state index in [4.69, 9.17) is 14.7 Å². The molecule has 1 N–H and O–H groups in total. The lowest BCUT2D eigenvalue weighted by atomic mass is 10.2. The zero-order chi connectivity index (χ0) is 24.2. The third-order valence-electron chi connectivity index (χ3n) is 6.26. The summed E-state index contributed by atoms with van der Waals surface area (Å²) in [6.45, 7) is 7.88. The summed E-state index contributed by atoms with van der Waals surface area (Å²) in [6, 6.07) is 11.9. The van der Waals surface area contributed by atoms with E-state index < -0.39 is 10.9 Å². The zero-order valence-corrected chi connectivity index (χ0v) is 19.5. The van der Waals surface area contributed by atoms with Gasteiger partial charge in [0.25, 0.3) is 5.69 Å². The number of nitrogens with one attached hydrogen (secondary N) is 1. The minimum Gasteiger partial charge on any atom is -0.465 e. The van der Waals surface area contributed by atoms with E-state index in [1.807, 2.05) is 0 Å². The summed E-state index contributed by atoms with van der Waals surface area (Å²) in [5.74, 6) is 0.631. The van der Waals surface area contributed by atoms with Gasteiger partial charge in [0.15, 0.2) is 0 Å². The first kappa shape index (κ1) is 23.4. The minimum atomic E-state index is -0.434. The molecule has 2 heterocycles. The fourth-order valence-corrected chi connectivity index (χ4v) is 4.02. The Kier molecular flexibility index (Phi) is 6.87. The lowest BCUT2D eigenvalue weighted by Crippen LogP contribution is -2.50. The predicted octanol–water partition coefficient (Wildman–Crippen LogP) is 3.99. The maximum absolute atomic E-state index is 11.7. The molecular formula is C24H28N6O4. The first-order valence-electron chi connectivity index (χ1n) is 11.3. The van der Waals surface area contributed by atoms with Gasteiger partial charge in [-0.15, -0.1) is 0 Å². The van der Waals surface area contributed by atoms with Crippen molar-refractivity contribution >= 4 is 40.0 Å². The number of carbonyl (C=O) groups excluding carboxylic acids is 1. The van der Waals surface area contributed by atoms with Gasteiger partial charge >= 0.3 is 5.97 Å². The second-order valence-corrected chi connectivity index (χ2v) is 8.30. The van der Waals surface area contributed by atoms with Gasteiger partial charge in [-0.2, -0.15) is 4.98 Å². The Labute approximate surface area is 197 Å². The van der Waals surface area contributed by atoms with Crippen LogP contribution < -0.4 is 10.2 Å². The molecule has 1 fully saturated rings. The molecule has 3 aromatic rings. The number of nitro benzene ring substituents is 1. The Bertz CT molecular complexity index is 1190. The molecule has 1 aliphatic rings. The van der Waals surface area contributed by atoms with Crippen molar-refractivity contribution in [2.45, 2.75) is 26.3 Å². The summed E-state index contributed by atoms with van der Waals surface area (Å²) in [4.78, 5) is 36.7. The van der Waals surface area contributed by atoms with Crippen molar-refractivity contribution in [3.63, 3.8) is 0 Å². The van der Waals surface area contributed by atoms with Gasteiger partial charge in [0.05, 0.1) is 23.1 Å². The summed E-state index contributed by atoms with van der Waals surface area (Å²) in [5, 5.41) is 15.2. The average molecular weight is 465 g/mol. The maximum atomic E-state index is 11.7. The third-order valence-corrected chi connectivity index (χ3v) is 6.26. The van der Waals surface area contributed by atoms with Gasteiger partial charge in [-0.3, -0.25) is 15.0 Å². The van der Waals surface area contributed by atoms with Gasteiger partial charge < -0.3 is 15.0 Å². The molecule has 0 aliphatic carbocycles. The number of piperazine rings is 1. The van der Waals surface area contributed by atoms with Crippen LogP contribution in [-0.4, -0.2) is 65.1 Å². The summed E-state index contributed by atoms with van der Waals surface area (Å²) in [6.07, 6.45) is 1.11. The highest BCUT2D eigenvalue weighted by molar-refractivity contribution is 5.94. The number of benzene rings is 2. The van der Waals surface area contributed by atoms with E-state index in [1.54, 1.807) is 30.3 Å². The quantitative estimate of drug-likeness (QED) is 0.315. The van der Waals surface area contributed by atoms with E-state index in [9.17, 15) is 14.9 Å². The zero-order valence-electron chi connectivity index (χ0n) is 19.5. The van der Waals surface area contributed by atoms with Crippen molar-refractivity contribution in [3.05, 3.63) is 58.1 Å². The molecule has 1 aliphatic heterocycles. The average Bonchev–Trinajstić information content (AvgIpc) is 2.87. The van der Waals surface area contributed by atoms with Gasteiger partial charge in [0, 0.05) is 55.4 Å². The second-order valence-electron chi connectivity index (χ2n) is 8.30. The van der Waals surface area contributed by atoms with Crippen molar-refractivity contribution < 1.29 is 14.5 Å². The SMILES string of the molecule is CCC(C)N1CCN(c2nc(Nc3ccc(C(=O)OC)cc3)c3cc([N+](=O)[O-])ccc3n2)CC1. The summed E-state index contributed by atoms with van der Waals surface area (Å²) >= 11 is 0. The van der Waals surface area contributed by atoms with Crippen LogP contribution in [0.4, 0.5) is 23.1 Å². The van der Waals surface area contributed by atoms with Crippen molar-refractivity contribution in [2.75, 3.05) is 43.5 Å². The molecule has 0 bridgehead atoms. The number of nitrogens with zero attached hydrogens (tertiary/aromatic N) is 5. The monoisotopic (exact) mass is 464 g/mol. The van der Waals surface area contributed by atoms with Gasteiger partial charge in [0.1, 0.15) is 5.82 Å². The number of non-ortho nitro benzene ring substituents is 1. The summed E-state index contributed by atoms with van der Waals surface area (Å²) in [5.41, 5.74) is 1.70. The van der Waals surface area contributed by atoms with Crippen molar-refractivity contribution in [2.24, 2.45) is 0 Å². The van der Waals surface area contributed by atoms with Crippen LogP contribution in [0.15, 0.2) is 42.5 Å². The third kappa shape index (κ3) is 4.91. The first-order chi connectivity index (χ1) is 16.4. The van der Waals surface area contributed by atoms with Crippen molar-refractivity contribution in [1.82, 2.24) is 14.9 Å². The molecule has 10 nitrogen and oxygen atoms in total. The Morgan fingerprint density at radius 3 is 2.47 bits per heavy atom. The highest BCUT2D eigenvalue weighted by Crippen LogP contribution is 2.30. The number of rotatable bonds is 7. The van der Waals surface area contributed by atoms with Crippen LogP contribution >= 0.6 is 0 Å². The van der Waals surface area contributed by atoms with E-state index >= 15 is 0 Å². The number of ether oxygens (including phenoxy) is 1. The van der Waals surface area contributed by atoms with Crippen molar-refractivity contribution in [3.8, 4) is 0 Å². The Hall–Kier alpha value is -3.79. The number of fused-ring (bicyclic) bond motifs is 1. The Morgan fingerprint density at radius 2 is 1.85 bits per heavy atom. The van der Waals surface area contributed by atoms with E-state index in [-0.39, 0.29) is 5.69 Å². The molecule has 4 rings (SSSR count). The minimum absolute atomic E-state index is 0.0323. The highest BCUT2D eigenvalue weighted by Gasteiger charge is 2.23. The van der Waals surface area contributed by atoms with Crippen LogP contribution in [-0.2, 0) is 4.74 Å². The first-order valence-corrected chi connectivity index (χ1v) is 11.3. The van der Waals surface area contributed by atoms with Crippen LogP contribution in [0.2, 0.25) is 0 Å². The number of methoxy groups -OCH3 is 1. The number of hydrogen-bond donors (Lipinski definition) is 1. The molecule has 1 aromatic heterocycles. The Balaban J connectivity index is 1.67. The van der Waals surface area contributed by atoms with E-state index in [1.165, 1.54) is 19.2 Å². The maximum Gasteiger partial charge on any atom is 0.337 e. The lowest BCUT2D eigenvalue weighted by molar-refractivity contribution is -0.384. The molecule has 1 atom stereocenters. The van der Waals surface area contributed by atoms with Gasteiger partial charge in [-0.05, 0) is 43.7 Å². The molecule has 1 unspecified atom stereocenters. The second kappa shape index (κ2) is 10.0. The molecule has 0 saturated carbocycles. The molecule has 10 heteroatoms. The van der Waals surface area contributed by atoms with Crippen LogP contribution in [0.3, 0.4) is 0 Å². The largest absolute Gasteiger partial charge is 0.465 e. The topological polar surface area (TPSA) is 114 Å². The van der Waals surface area contributed by atoms with E-state index in [2.05, 4.69) is 29.0 Å². The fraction of sp³-hybridized carbons (Fsp3) is 0.375. The van der Waals surface area contributed by atoms with Crippen LogP contribution in [0.5, 0.6) is 0 Å². The molecule has 2 aromatic carbocycles. The van der Waals surface area contributed by atoms with Gasteiger partial charge in [-0.1, -0.05) is 6.92 Å². The van der Waals surface area contributed by atoms with Crippen LogP contribution in [0, 0.1) is 10.1 Å². The predicted molar refractivity (Wildman–Crippen MR) is 131 cm³/mol. The normalized spacial score (nSPS) is 15.2. The van der Waals surface area contributed by atoms with E-state index in [0.717, 1.165) is 32.6 Å². The van der Waals surface area contributed by atoms with E-state index in [0.29, 0.717) is 40.0 Å². The number of hydrogen-bond acceptors (Lipinski definition) is 9. The molecule has 0 amide bonds. The number of carbonyl (C=O) groups is 1. The molecule has 0 radical (unpaired) electrons. The molecule has 178 valence electrons. The number of esters is 1. The number of aromatic nitrogens is 2. The standard InChI is InChI=1S/C24H28N6O4/c1-4-16(2)28-11-13-29(14-12-28)24-26-21-10-9-19(30(32)33)15-20(21)22(27-24)25-18-7-5-17(6-8-18)23(31)34-3/h5-10,15-16H,4,11-14H2,1-3H3,(H,25,26,27). The summed E-state index contributed by atoms with van der Waals surface area (Å²) in [7, 11) is 1.33. The van der Waals surface area contributed by atoms with Gasteiger partial charge in [-0.25, -0.2) is 9.78 Å². The van der Waals surface area contributed by atoms with Gasteiger partial charge in [0.2, 0.25) is 5.95 Å². The molecule has 0 spiro atoms. The number of anilines is 3. The molecule has 1 saturated heterocycles. The van der Waals surface area contributed by atoms with Crippen LogP contribution in [0.25, 0.3) is 10.9 Å². The Morgan fingerprint density at radius 1 is 1.15 bits per heavy atom. The van der Waals surface area contributed by atoms with Crippen LogP contribution in [0.1, 0.15) is 30.6 Å². The molecule has 34 heavy (non-hydrogen) atoms. The fourth-order valence-electron chi connectivity index (χ4n) is 4.02. The lowest BCUT2D eigenvalue weighted by Gasteiger charge is -2.37.